The van der Waals surface area contributed by atoms with Crippen molar-refractivity contribution in [1.82, 2.24) is 10.3 Å². The highest BCUT2D eigenvalue weighted by Gasteiger charge is 2.11. The molecule has 1 amide bonds. The van der Waals surface area contributed by atoms with Crippen molar-refractivity contribution in [3.63, 3.8) is 0 Å². The fourth-order valence-corrected chi connectivity index (χ4v) is 3.46. The molecule has 4 aromatic rings. The quantitative estimate of drug-likeness (QED) is 0.441. The Hall–Kier alpha value is -2.92. The number of oxazole rings is 1. The third kappa shape index (κ3) is 3.71. The Labute approximate surface area is 171 Å². The fraction of sp³-hybridized carbons (Fsp3) is 0.130. The number of carbonyl (C=O) groups excluding carboxylic acids is 1. The maximum absolute atomic E-state index is 12.3. The van der Waals surface area contributed by atoms with Gasteiger partial charge in [0, 0.05) is 16.6 Å². The van der Waals surface area contributed by atoms with E-state index in [-0.39, 0.29) is 5.91 Å². The minimum Gasteiger partial charge on any atom is -0.436 e. The Bertz CT molecular complexity index is 1120. The summed E-state index contributed by atoms with van der Waals surface area (Å²) in [4.78, 5) is 16.9. The van der Waals surface area contributed by atoms with Gasteiger partial charge in [-0.2, -0.15) is 0 Å². The number of nitrogens with one attached hydrogen (secondary N) is 1. The lowest BCUT2D eigenvalue weighted by Gasteiger charge is -2.07. The summed E-state index contributed by atoms with van der Waals surface area (Å²) in [6.07, 6.45) is 0. The molecule has 140 valence electrons. The van der Waals surface area contributed by atoms with E-state index in [2.05, 4.69) is 40.1 Å². The number of fused-ring (bicyclic) bond motifs is 1. The highest BCUT2D eigenvalue weighted by molar-refractivity contribution is 9.10. The number of aromatic nitrogens is 1. The molecule has 0 saturated carbocycles. The SMILES string of the molecule is Cc1cc2nc(-c3ccc(CNC(=O)c4ccccc4Br)cc3)oc2cc1C. The van der Waals surface area contributed by atoms with Gasteiger partial charge >= 0.3 is 0 Å². The molecule has 4 rings (SSSR count). The van der Waals surface area contributed by atoms with Crippen LogP contribution < -0.4 is 5.32 Å². The lowest BCUT2D eigenvalue weighted by atomic mass is 10.1. The summed E-state index contributed by atoms with van der Waals surface area (Å²) in [6, 6.07) is 19.3. The first kappa shape index (κ1) is 18.4. The molecule has 0 spiro atoms. The van der Waals surface area contributed by atoms with E-state index in [4.69, 9.17) is 4.42 Å². The van der Waals surface area contributed by atoms with Crippen LogP contribution in [0.1, 0.15) is 27.0 Å². The summed E-state index contributed by atoms with van der Waals surface area (Å²) < 4.78 is 6.69. The molecule has 0 bridgehead atoms. The van der Waals surface area contributed by atoms with Crippen molar-refractivity contribution < 1.29 is 9.21 Å². The largest absolute Gasteiger partial charge is 0.436 e. The van der Waals surface area contributed by atoms with Gasteiger partial charge < -0.3 is 9.73 Å². The van der Waals surface area contributed by atoms with Gasteiger partial charge in [-0.3, -0.25) is 4.79 Å². The zero-order valence-corrected chi connectivity index (χ0v) is 17.2. The monoisotopic (exact) mass is 434 g/mol. The number of hydrogen-bond donors (Lipinski definition) is 1. The number of amides is 1. The van der Waals surface area contributed by atoms with Crippen molar-refractivity contribution in [2.24, 2.45) is 0 Å². The second-order valence-electron chi connectivity index (χ2n) is 6.78. The van der Waals surface area contributed by atoms with Gasteiger partial charge in [0.25, 0.3) is 5.91 Å². The average molecular weight is 435 g/mol. The molecule has 0 atom stereocenters. The van der Waals surface area contributed by atoms with E-state index in [1.165, 1.54) is 11.1 Å². The molecule has 4 nitrogen and oxygen atoms in total. The Morgan fingerprint density at radius 3 is 2.50 bits per heavy atom. The van der Waals surface area contributed by atoms with Crippen LogP contribution in [0.3, 0.4) is 0 Å². The molecule has 1 heterocycles. The Kier molecular flexibility index (Phi) is 5.01. The first-order valence-electron chi connectivity index (χ1n) is 9.01. The Balaban J connectivity index is 1.48. The van der Waals surface area contributed by atoms with E-state index in [9.17, 15) is 4.79 Å². The van der Waals surface area contributed by atoms with E-state index >= 15 is 0 Å². The van der Waals surface area contributed by atoms with Gasteiger partial charge in [0.05, 0.1) is 5.56 Å². The highest BCUT2D eigenvalue weighted by Crippen LogP contribution is 2.26. The maximum atomic E-state index is 12.3. The van der Waals surface area contributed by atoms with Crippen molar-refractivity contribution in [2.75, 3.05) is 0 Å². The number of nitrogens with zero attached hydrogens (tertiary/aromatic N) is 1. The van der Waals surface area contributed by atoms with Gasteiger partial charge in [-0.1, -0.05) is 24.3 Å². The molecule has 0 saturated heterocycles. The maximum Gasteiger partial charge on any atom is 0.252 e. The summed E-state index contributed by atoms with van der Waals surface area (Å²) in [5.74, 6) is 0.491. The molecule has 0 unspecified atom stereocenters. The zero-order chi connectivity index (χ0) is 19.7. The van der Waals surface area contributed by atoms with Crippen LogP contribution in [-0.2, 0) is 6.54 Å². The molecule has 1 aromatic heterocycles. The Morgan fingerprint density at radius 1 is 1.04 bits per heavy atom. The first-order chi connectivity index (χ1) is 13.5. The summed E-state index contributed by atoms with van der Waals surface area (Å²) >= 11 is 3.40. The standard InChI is InChI=1S/C23H19BrN2O2/c1-14-11-20-21(12-15(14)2)28-23(26-20)17-9-7-16(8-10-17)13-25-22(27)18-5-3-4-6-19(18)24/h3-12H,13H2,1-2H3,(H,25,27). The van der Waals surface area contributed by atoms with Crippen LogP contribution in [0, 0.1) is 13.8 Å². The lowest BCUT2D eigenvalue weighted by molar-refractivity contribution is 0.0950. The number of benzene rings is 3. The van der Waals surface area contributed by atoms with Crippen molar-refractivity contribution in [1.29, 1.82) is 0 Å². The van der Waals surface area contributed by atoms with E-state index in [0.717, 1.165) is 26.7 Å². The van der Waals surface area contributed by atoms with E-state index in [1.54, 1.807) is 6.07 Å². The van der Waals surface area contributed by atoms with Crippen LogP contribution in [0.2, 0.25) is 0 Å². The van der Waals surface area contributed by atoms with Crippen LogP contribution in [0.25, 0.3) is 22.6 Å². The molecule has 0 aliphatic rings. The van der Waals surface area contributed by atoms with Gasteiger partial charge in [0.15, 0.2) is 5.58 Å². The minimum absolute atomic E-state index is 0.110. The molecule has 5 heteroatoms. The van der Waals surface area contributed by atoms with Gasteiger partial charge in [0.2, 0.25) is 5.89 Å². The van der Waals surface area contributed by atoms with Crippen molar-refractivity contribution >= 4 is 32.9 Å². The number of carbonyl (C=O) groups is 1. The highest BCUT2D eigenvalue weighted by atomic mass is 79.9. The van der Waals surface area contributed by atoms with Crippen LogP contribution >= 0.6 is 15.9 Å². The molecule has 0 aliphatic heterocycles. The molecular formula is C23H19BrN2O2. The zero-order valence-electron chi connectivity index (χ0n) is 15.6. The predicted molar refractivity (Wildman–Crippen MR) is 114 cm³/mol. The molecule has 3 aromatic carbocycles. The average Bonchev–Trinajstić information content (AvgIpc) is 3.10. The second-order valence-corrected chi connectivity index (χ2v) is 7.64. The molecule has 28 heavy (non-hydrogen) atoms. The normalized spacial score (nSPS) is 11.0. The lowest BCUT2D eigenvalue weighted by Crippen LogP contribution is -2.23. The van der Waals surface area contributed by atoms with Gasteiger partial charge in [-0.15, -0.1) is 0 Å². The molecular weight excluding hydrogens is 416 g/mol. The van der Waals surface area contributed by atoms with E-state index in [0.29, 0.717) is 18.0 Å². The summed E-state index contributed by atoms with van der Waals surface area (Å²) in [7, 11) is 0. The van der Waals surface area contributed by atoms with Crippen molar-refractivity contribution in [2.45, 2.75) is 20.4 Å². The molecule has 0 radical (unpaired) electrons. The van der Waals surface area contributed by atoms with E-state index < -0.39 is 0 Å². The number of hydrogen-bond acceptors (Lipinski definition) is 3. The van der Waals surface area contributed by atoms with Gasteiger partial charge in [-0.05, 0) is 82.9 Å². The third-order valence-electron chi connectivity index (χ3n) is 4.78. The third-order valence-corrected chi connectivity index (χ3v) is 5.47. The number of halogens is 1. The topological polar surface area (TPSA) is 55.1 Å². The summed E-state index contributed by atoms with van der Waals surface area (Å²) in [5.41, 5.74) is 6.58. The van der Waals surface area contributed by atoms with Crippen LogP contribution in [0.15, 0.2) is 69.6 Å². The van der Waals surface area contributed by atoms with Crippen LogP contribution in [0.4, 0.5) is 0 Å². The first-order valence-corrected chi connectivity index (χ1v) is 9.80. The van der Waals surface area contributed by atoms with E-state index in [1.807, 2.05) is 54.6 Å². The fourth-order valence-electron chi connectivity index (χ4n) is 2.99. The number of aryl methyl sites for hydroxylation is 2. The van der Waals surface area contributed by atoms with Crippen molar-refractivity contribution in [3.05, 3.63) is 87.4 Å². The molecule has 1 N–H and O–H groups in total. The van der Waals surface area contributed by atoms with Crippen molar-refractivity contribution in [3.8, 4) is 11.5 Å². The smallest absolute Gasteiger partial charge is 0.252 e. The number of rotatable bonds is 4. The van der Waals surface area contributed by atoms with Gasteiger partial charge in [-0.25, -0.2) is 4.98 Å². The summed E-state index contributed by atoms with van der Waals surface area (Å²) in [6.45, 7) is 4.58. The van der Waals surface area contributed by atoms with Crippen LogP contribution in [-0.4, -0.2) is 10.9 Å². The Morgan fingerprint density at radius 2 is 1.75 bits per heavy atom. The molecule has 0 fully saturated rings. The predicted octanol–water partition coefficient (Wildman–Crippen LogP) is 5.80. The van der Waals surface area contributed by atoms with Crippen LogP contribution in [0.5, 0.6) is 0 Å². The molecule has 0 aliphatic carbocycles. The minimum atomic E-state index is -0.110. The van der Waals surface area contributed by atoms with Gasteiger partial charge in [0.1, 0.15) is 5.52 Å². The summed E-state index contributed by atoms with van der Waals surface area (Å²) in [5, 5.41) is 2.94. The second kappa shape index (κ2) is 7.60.